The molecule has 0 saturated heterocycles. The summed E-state index contributed by atoms with van der Waals surface area (Å²) in [6.07, 6.45) is 4.57. The second-order valence-electron chi connectivity index (χ2n) is 5.08. The Morgan fingerprint density at radius 3 is 2.29 bits per heavy atom. The molecule has 0 amide bonds. The van der Waals surface area contributed by atoms with E-state index >= 15 is 0 Å². The fourth-order valence-corrected chi connectivity index (χ4v) is 6.10. The van der Waals surface area contributed by atoms with E-state index < -0.39 is 10.0 Å². The standard InChI is InChI=1S/C13H15BrCl3NO2S/c14-8-6-10(16)13(11(17)7-8)21(19,20)18-12-5-3-1-2-4-9(12)15/h6-7,9,12,18H,1-5H2. The third kappa shape index (κ3) is 4.49. The molecular formula is C13H15BrCl3NO2S. The van der Waals surface area contributed by atoms with Gasteiger partial charge in [-0.1, -0.05) is 58.4 Å². The molecule has 1 aromatic carbocycles. The van der Waals surface area contributed by atoms with Crippen LogP contribution in [0.4, 0.5) is 0 Å². The summed E-state index contributed by atoms with van der Waals surface area (Å²) in [5.74, 6) is 0. The first-order valence-electron chi connectivity index (χ1n) is 6.62. The Hall–Kier alpha value is 0.480. The molecule has 1 aliphatic carbocycles. The Bertz CT molecular complexity index is 601. The van der Waals surface area contributed by atoms with Crippen LogP contribution in [0.1, 0.15) is 32.1 Å². The summed E-state index contributed by atoms with van der Waals surface area (Å²) in [6.45, 7) is 0. The second kappa shape index (κ2) is 7.37. The third-order valence-corrected chi connectivity index (χ3v) is 6.86. The highest BCUT2D eigenvalue weighted by molar-refractivity contribution is 9.10. The van der Waals surface area contributed by atoms with E-state index in [4.69, 9.17) is 34.8 Å². The Morgan fingerprint density at radius 2 is 1.67 bits per heavy atom. The van der Waals surface area contributed by atoms with Crippen LogP contribution in [-0.4, -0.2) is 19.8 Å². The van der Waals surface area contributed by atoms with Gasteiger partial charge in [-0.2, -0.15) is 0 Å². The maximum atomic E-state index is 12.6. The fourth-order valence-electron chi connectivity index (χ4n) is 2.44. The molecular weight excluding hydrogens is 420 g/mol. The molecule has 2 unspecified atom stereocenters. The minimum atomic E-state index is -3.81. The van der Waals surface area contributed by atoms with Gasteiger partial charge in [-0.3, -0.25) is 0 Å². The molecule has 1 fully saturated rings. The summed E-state index contributed by atoms with van der Waals surface area (Å²) >= 11 is 21.6. The zero-order valence-corrected chi connectivity index (χ0v) is 15.8. The maximum Gasteiger partial charge on any atom is 0.243 e. The first-order valence-corrected chi connectivity index (χ1v) is 10.1. The molecule has 1 aromatic rings. The van der Waals surface area contributed by atoms with E-state index in [1.165, 1.54) is 12.1 Å². The van der Waals surface area contributed by atoms with Crippen LogP contribution >= 0.6 is 50.7 Å². The highest BCUT2D eigenvalue weighted by Crippen LogP contribution is 2.33. The summed E-state index contributed by atoms with van der Waals surface area (Å²) in [5.41, 5.74) is 0. The van der Waals surface area contributed by atoms with E-state index in [-0.39, 0.29) is 26.4 Å². The predicted molar refractivity (Wildman–Crippen MR) is 91.0 cm³/mol. The van der Waals surface area contributed by atoms with Crippen molar-refractivity contribution in [2.45, 2.75) is 48.4 Å². The molecule has 0 radical (unpaired) electrons. The first-order chi connectivity index (χ1) is 9.81. The van der Waals surface area contributed by atoms with Crippen LogP contribution in [-0.2, 0) is 10.0 Å². The summed E-state index contributed by atoms with van der Waals surface area (Å²) in [7, 11) is -3.81. The molecule has 3 nitrogen and oxygen atoms in total. The van der Waals surface area contributed by atoms with Gasteiger partial charge in [0.2, 0.25) is 10.0 Å². The van der Waals surface area contributed by atoms with Crippen molar-refractivity contribution in [3.63, 3.8) is 0 Å². The third-order valence-electron chi connectivity index (χ3n) is 3.47. The number of halogens is 4. The Kier molecular flexibility index (Phi) is 6.25. The molecule has 0 heterocycles. The van der Waals surface area contributed by atoms with Gasteiger partial charge in [0.05, 0.1) is 10.0 Å². The fraction of sp³-hybridized carbons (Fsp3) is 0.538. The van der Waals surface area contributed by atoms with E-state index in [1.807, 2.05) is 0 Å². The van der Waals surface area contributed by atoms with Gasteiger partial charge in [-0.15, -0.1) is 11.6 Å². The second-order valence-corrected chi connectivity index (χ2v) is 9.02. The van der Waals surface area contributed by atoms with Gasteiger partial charge in [-0.05, 0) is 25.0 Å². The van der Waals surface area contributed by atoms with Crippen molar-refractivity contribution in [3.8, 4) is 0 Å². The quantitative estimate of drug-likeness (QED) is 0.538. The lowest BCUT2D eigenvalue weighted by atomic mass is 10.1. The van der Waals surface area contributed by atoms with Gasteiger partial charge in [0.1, 0.15) is 4.90 Å². The van der Waals surface area contributed by atoms with Gasteiger partial charge >= 0.3 is 0 Å². The Balaban J connectivity index is 2.30. The molecule has 8 heteroatoms. The van der Waals surface area contributed by atoms with Crippen molar-refractivity contribution >= 4 is 60.8 Å². The highest BCUT2D eigenvalue weighted by Gasteiger charge is 2.30. The summed E-state index contributed by atoms with van der Waals surface area (Å²) in [4.78, 5) is -0.0952. The van der Waals surface area contributed by atoms with Crippen LogP contribution in [0.3, 0.4) is 0 Å². The molecule has 0 aliphatic heterocycles. The lowest BCUT2D eigenvalue weighted by Gasteiger charge is -2.21. The van der Waals surface area contributed by atoms with E-state index in [9.17, 15) is 8.42 Å². The monoisotopic (exact) mass is 433 g/mol. The number of benzene rings is 1. The van der Waals surface area contributed by atoms with E-state index in [2.05, 4.69) is 20.7 Å². The van der Waals surface area contributed by atoms with Crippen LogP contribution in [0, 0.1) is 0 Å². The summed E-state index contributed by atoms with van der Waals surface area (Å²) in [5, 5.41) is -0.0430. The molecule has 0 aromatic heterocycles. The van der Waals surface area contributed by atoms with Crippen molar-refractivity contribution in [1.29, 1.82) is 0 Å². The summed E-state index contributed by atoms with van der Waals surface area (Å²) < 4.78 is 28.4. The van der Waals surface area contributed by atoms with Crippen molar-refractivity contribution in [2.24, 2.45) is 0 Å². The van der Waals surface area contributed by atoms with Crippen molar-refractivity contribution in [1.82, 2.24) is 4.72 Å². The molecule has 118 valence electrons. The van der Waals surface area contributed by atoms with E-state index in [0.717, 1.165) is 32.1 Å². The molecule has 2 rings (SSSR count). The molecule has 21 heavy (non-hydrogen) atoms. The number of nitrogens with one attached hydrogen (secondary N) is 1. The first kappa shape index (κ1) is 17.8. The average Bonchev–Trinajstić information content (AvgIpc) is 2.52. The number of alkyl halides is 1. The predicted octanol–water partition coefficient (Wildman–Crippen LogP) is 4.97. The number of sulfonamides is 1. The molecule has 0 spiro atoms. The number of hydrogen-bond donors (Lipinski definition) is 1. The zero-order chi connectivity index (χ0) is 15.6. The van der Waals surface area contributed by atoms with Gasteiger partial charge in [0, 0.05) is 15.9 Å². The lowest BCUT2D eigenvalue weighted by Crippen LogP contribution is -2.40. The topological polar surface area (TPSA) is 46.2 Å². The van der Waals surface area contributed by atoms with Crippen LogP contribution in [0.15, 0.2) is 21.5 Å². The Morgan fingerprint density at radius 1 is 1.10 bits per heavy atom. The number of hydrogen-bond acceptors (Lipinski definition) is 2. The van der Waals surface area contributed by atoms with Crippen LogP contribution in [0.2, 0.25) is 10.0 Å². The highest BCUT2D eigenvalue weighted by atomic mass is 79.9. The van der Waals surface area contributed by atoms with Gasteiger partial charge in [-0.25, -0.2) is 13.1 Å². The average molecular weight is 436 g/mol. The molecule has 1 N–H and O–H groups in total. The maximum absolute atomic E-state index is 12.6. The van der Waals surface area contributed by atoms with Gasteiger partial charge < -0.3 is 0 Å². The van der Waals surface area contributed by atoms with Crippen LogP contribution in [0.25, 0.3) is 0 Å². The number of rotatable bonds is 3. The lowest BCUT2D eigenvalue weighted by molar-refractivity contribution is 0.514. The van der Waals surface area contributed by atoms with Crippen molar-refractivity contribution < 1.29 is 8.42 Å². The molecule has 0 bridgehead atoms. The molecule has 1 saturated carbocycles. The molecule has 2 atom stereocenters. The van der Waals surface area contributed by atoms with Crippen LogP contribution < -0.4 is 4.72 Å². The van der Waals surface area contributed by atoms with Crippen LogP contribution in [0.5, 0.6) is 0 Å². The minimum absolute atomic E-state index is 0.0848. The summed E-state index contributed by atoms with van der Waals surface area (Å²) in [6, 6.07) is 2.72. The van der Waals surface area contributed by atoms with E-state index in [1.54, 1.807) is 0 Å². The smallest absolute Gasteiger partial charge is 0.207 e. The van der Waals surface area contributed by atoms with Crippen molar-refractivity contribution in [2.75, 3.05) is 0 Å². The minimum Gasteiger partial charge on any atom is -0.207 e. The molecule has 1 aliphatic rings. The van der Waals surface area contributed by atoms with Crippen molar-refractivity contribution in [3.05, 3.63) is 26.7 Å². The largest absolute Gasteiger partial charge is 0.243 e. The van der Waals surface area contributed by atoms with Gasteiger partial charge in [0.25, 0.3) is 0 Å². The normalized spacial score (nSPS) is 23.8. The van der Waals surface area contributed by atoms with Gasteiger partial charge in [0.15, 0.2) is 0 Å². The SMILES string of the molecule is O=S(=O)(NC1CCCCCC1Cl)c1c(Cl)cc(Br)cc1Cl. The Labute approximate surface area is 148 Å². The zero-order valence-electron chi connectivity index (χ0n) is 11.1. The van der Waals surface area contributed by atoms with E-state index in [0.29, 0.717) is 4.47 Å².